The summed E-state index contributed by atoms with van der Waals surface area (Å²) in [5.41, 5.74) is -0.560. The molecule has 3 fully saturated rings. The zero-order valence-electron chi connectivity index (χ0n) is 21.8. The predicted molar refractivity (Wildman–Crippen MR) is 137 cm³/mol. The molecule has 37 heavy (non-hydrogen) atoms. The zero-order chi connectivity index (χ0) is 26.2. The molecule has 3 heterocycles. The average Bonchev–Trinajstić information content (AvgIpc) is 3.53. The highest BCUT2D eigenvalue weighted by Gasteiger charge is 2.72. The molecule has 9 nitrogen and oxygen atoms in total. The highest BCUT2D eigenvalue weighted by molar-refractivity contribution is 6.02. The number of ether oxygens (including phenoxy) is 3. The molecule has 0 unspecified atom stereocenters. The summed E-state index contributed by atoms with van der Waals surface area (Å²) >= 11 is 0. The minimum Gasteiger partial charge on any atom is -0.494 e. The molecule has 2 saturated heterocycles. The molecule has 2 N–H and O–H groups in total. The second-order valence-corrected chi connectivity index (χ2v) is 10.5. The summed E-state index contributed by atoms with van der Waals surface area (Å²) in [5.74, 6) is -1.18. The van der Waals surface area contributed by atoms with Gasteiger partial charge in [-0.25, -0.2) is 0 Å². The molecule has 1 spiro atoms. The number of likely N-dealkylation sites (tertiary alicyclic amines) is 1. The van der Waals surface area contributed by atoms with Crippen molar-refractivity contribution in [2.75, 3.05) is 32.2 Å². The van der Waals surface area contributed by atoms with Gasteiger partial charge in [-0.05, 0) is 49.9 Å². The Hall–Kier alpha value is -2.91. The number of hydrogen-bond donors (Lipinski definition) is 2. The van der Waals surface area contributed by atoms with Crippen LogP contribution < -0.4 is 15.4 Å². The van der Waals surface area contributed by atoms with Gasteiger partial charge >= 0.3 is 0 Å². The molecular formula is C28H37N3O6. The van der Waals surface area contributed by atoms with E-state index in [2.05, 4.69) is 17.6 Å². The molecule has 3 amide bonds. The lowest BCUT2D eigenvalue weighted by Gasteiger charge is -2.35. The molecule has 2 bridgehead atoms. The summed E-state index contributed by atoms with van der Waals surface area (Å²) in [6.07, 6.45) is 7.34. The van der Waals surface area contributed by atoms with Crippen LogP contribution >= 0.6 is 0 Å². The Morgan fingerprint density at radius 2 is 1.92 bits per heavy atom. The van der Waals surface area contributed by atoms with Gasteiger partial charge in [0.15, 0.2) is 0 Å². The van der Waals surface area contributed by atoms with Crippen LogP contribution in [0.5, 0.6) is 5.75 Å². The van der Waals surface area contributed by atoms with Crippen LogP contribution in [0.15, 0.2) is 36.4 Å². The third-order valence-electron chi connectivity index (χ3n) is 8.33. The van der Waals surface area contributed by atoms with Crippen molar-refractivity contribution in [1.29, 1.82) is 0 Å². The van der Waals surface area contributed by atoms with Gasteiger partial charge in [-0.1, -0.05) is 31.9 Å². The first-order valence-corrected chi connectivity index (χ1v) is 13.4. The lowest BCUT2D eigenvalue weighted by atomic mass is 9.74. The molecule has 9 heteroatoms. The summed E-state index contributed by atoms with van der Waals surface area (Å²) in [4.78, 5) is 42.7. The topological polar surface area (TPSA) is 106 Å². The number of rotatable bonds is 9. The first kappa shape index (κ1) is 25.7. The van der Waals surface area contributed by atoms with Crippen LogP contribution in [0.3, 0.4) is 0 Å². The van der Waals surface area contributed by atoms with E-state index in [9.17, 15) is 14.4 Å². The monoisotopic (exact) mass is 511 g/mol. The van der Waals surface area contributed by atoms with Crippen molar-refractivity contribution in [2.45, 2.75) is 63.3 Å². The molecule has 1 saturated carbocycles. The average molecular weight is 512 g/mol. The van der Waals surface area contributed by atoms with E-state index in [4.69, 9.17) is 14.2 Å². The molecule has 0 aromatic heterocycles. The Kier molecular flexibility index (Phi) is 7.27. The molecule has 5 rings (SSSR count). The van der Waals surface area contributed by atoms with E-state index in [1.807, 2.05) is 19.1 Å². The minimum absolute atomic E-state index is 0.0671. The fraction of sp³-hybridized carbons (Fsp3) is 0.607. The van der Waals surface area contributed by atoms with E-state index in [1.165, 1.54) is 6.42 Å². The molecule has 7 atom stereocenters. The summed E-state index contributed by atoms with van der Waals surface area (Å²) in [5, 5.41) is 6.16. The number of carbonyl (C=O) groups is 3. The number of anilines is 1. The fourth-order valence-electron chi connectivity index (χ4n) is 6.52. The number of carbonyl (C=O) groups excluding carboxylic acids is 3. The van der Waals surface area contributed by atoms with E-state index in [0.29, 0.717) is 24.0 Å². The maximum absolute atomic E-state index is 13.8. The molecule has 200 valence electrons. The van der Waals surface area contributed by atoms with Gasteiger partial charge in [0, 0.05) is 25.4 Å². The minimum atomic E-state index is -1.17. The molecule has 1 aromatic carbocycles. The van der Waals surface area contributed by atoms with Gasteiger partial charge in [0.25, 0.3) is 0 Å². The predicted octanol–water partition coefficient (Wildman–Crippen LogP) is 2.52. The van der Waals surface area contributed by atoms with E-state index in [1.54, 1.807) is 36.3 Å². The van der Waals surface area contributed by atoms with Crippen molar-refractivity contribution >= 4 is 23.4 Å². The summed E-state index contributed by atoms with van der Waals surface area (Å²) in [6.45, 7) is 5.16. The van der Waals surface area contributed by atoms with E-state index in [0.717, 1.165) is 19.3 Å². The van der Waals surface area contributed by atoms with Crippen molar-refractivity contribution in [2.24, 2.45) is 17.8 Å². The number of nitrogens with zero attached hydrogens (tertiary/aromatic N) is 1. The van der Waals surface area contributed by atoms with Gasteiger partial charge < -0.3 is 29.7 Å². The lowest BCUT2D eigenvalue weighted by Crippen LogP contribution is -2.57. The maximum Gasteiger partial charge on any atom is 0.246 e. The molecular weight excluding hydrogens is 474 g/mol. The Morgan fingerprint density at radius 1 is 1.16 bits per heavy atom. The van der Waals surface area contributed by atoms with E-state index in [-0.39, 0.29) is 36.9 Å². The van der Waals surface area contributed by atoms with E-state index < -0.39 is 29.6 Å². The number of amides is 3. The van der Waals surface area contributed by atoms with Crippen molar-refractivity contribution in [1.82, 2.24) is 10.2 Å². The standard InChI is InChI=1S/C28H37N3O6/c1-4-36-19-11-9-18(10-12-19)29-25(32)22-21-13-14-28(37-21)23(22)27(34)31(15-16-35-3)24(28)26(33)30-20-8-6-5-7-17(20)2/h9-14,17,20-24H,4-8,15-16H2,1-3H3,(H,29,32)(H,30,33)/t17-,20+,21-,22+,23-,24-,28-/m0/s1. The van der Waals surface area contributed by atoms with Gasteiger partial charge in [0.2, 0.25) is 17.7 Å². The van der Waals surface area contributed by atoms with Crippen LogP contribution in [-0.2, 0) is 23.9 Å². The molecule has 1 aromatic rings. The van der Waals surface area contributed by atoms with Crippen LogP contribution in [0.25, 0.3) is 0 Å². The lowest BCUT2D eigenvalue weighted by molar-refractivity contribution is -0.142. The smallest absolute Gasteiger partial charge is 0.246 e. The second kappa shape index (κ2) is 10.5. The summed E-state index contributed by atoms with van der Waals surface area (Å²) < 4.78 is 17.1. The normalized spacial score (nSPS) is 33.9. The summed E-state index contributed by atoms with van der Waals surface area (Å²) in [7, 11) is 1.56. The first-order chi connectivity index (χ1) is 17.9. The molecule has 3 aliphatic heterocycles. The second-order valence-electron chi connectivity index (χ2n) is 10.5. The number of nitrogens with one attached hydrogen (secondary N) is 2. The number of hydrogen-bond acceptors (Lipinski definition) is 6. The van der Waals surface area contributed by atoms with Crippen LogP contribution in [-0.4, -0.2) is 73.3 Å². The van der Waals surface area contributed by atoms with Crippen LogP contribution in [0.4, 0.5) is 5.69 Å². The maximum atomic E-state index is 13.8. The quantitative estimate of drug-likeness (QED) is 0.494. The van der Waals surface area contributed by atoms with Gasteiger partial charge in [-0.3, -0.25) is 14.4 Å². The fourth-order valence-corrected chi connectivity index (χ4v) is 6.52. The Bertz CT molecular complexity index is 1060. The number of benzene rings is 1. The molecule has 1 aliphatic carbocycles. The third kappa shape index (κ3) is 4.52. The third-order valence-corrected chi connectivity index (χ3v) is 8.33. The summed E-state index contributed by atoms with van der Waals surface area (Å²) in [6, 6.07) is 6.34. The van der Waals surface area contributed by atoms with Crippen molar-refractivity contribution in [3.05, 3.63) is 36.4 Å². The van der Waals surface area contributed by atoms with Crippen LogP contribution in [0.2, 0.25) is 0 Å². The number of methoxy groups -OCH3 is 1. The Labute approximate surface area is 217 Å². The molecule has 0 radical (unpaired) electrons. The van der Waals surface area contributed by atoms with Crippen molar-refractivity contribution in [3.63, 3.8) is 0 Å². The van der Waals surface area contributed by atoms with Gasteiger partial charge in [0.1, 0.15) is 17.4 Å². The van der Waals surface area contributed by atoms with Gasteiger partial charge in [-0.2, -0.15) is 0 Å². The Morgan fingerprint density at radius 3 is 2.62 bits per heavy atom. The van der Waals surface area contributed by atoms with Crippen LogP contribution in [0, 0.1) is 17.8 Å². The SMILES string of the molecule is CCOc1ccc(NC(=O)[C@@H]2[C@@H]3C=C[C@]4(O3)[C@@H]2C(=O)N(CCOC)[C@H]4C(=O)N[C@@H]2CCCC[C@@H]2C)cc1. The zero-order valence-corrected chi connectivity index (χ0v) is 21.8. The highest BCUT2D eigenvalue weighted by atomic mass is 16.5. The highest BCUT2D eigenvalue weighted by Crippen LogP contribution is 2.55. The van der Waals surface area contributed by atoms with Crippen molar-refractivity contribution in [3.8, 4) is 5.75 Å². The van der Waals surface area contributed by atoms with Gasteiger partial charge in [0.05, 0.1) is 31.2 Å². The van der Waals surface area contributed by atoms with Crippen LogP contribution in [0.1, 0.15) is 39.5 Å². The first-order valence-electron chi connectivity index (χ1n) is 13.4. The number of fused-ring (bicyclic) bond motifs is 1. The van der Waals surface area contributed by atoms with Gasteiger partial charge in [-0.15, -0.1) is 0 Å². The Balaban J connectivity index is 1.39. The largest absolute Gasteiger partial charge is 0.494 e. The van der Waals surface area contributed by atoms with Crippen molar-refractivity contribution < 1.29 is 28.6 Å². The van der Waals surface area contributed by atoms with E-state index >= 15 is 0 Å². The molecule has 4 aliphatic rings.